The number of benzene rings is 1. The number of nitrogens with zero attached hydrogens (tertiary/aromatic N) is 4. The fourth-order valence-electron chi connectivity index (χ4n) is 3.09. The van der Waals surface area contributed by atoms with E-state index in [9.17, 15) is 0 Å². The van der Waals surface area contributed by atoms with Crippen LogP contribution in [0, 0.1) is 11.3 Å². The van der Waals surface area contributed by atoms with E-state index >= 15 is 0 Å². The molecule has 6 nitrogen and oxygen atoms in total. The predicted molar refractivity (Wildman–Crippen MR) is 92.2 cm³/mol. The van der Waals surface area contributed by atoms with E-state index in [4.69, 9.17) is 4.74 Å². The predicted octanol–water partition coefficient (Wildman–Crippen LogP) is 2.58. The minimum Gasteiger partial charge on any atom is -0.362 e. The average Bonchev–Trinajstić information content (AvgIpc) is 3.01. The number of nitrogens with one attached hydrogen (secondary N) is 1. The fraction of sp³-hybridized carbons (Fsp3) is 0.611. The molecule has 1 aliphatic rings. The van der Waals surface area contributed by atoms with Gasteiger partial charge in [-0.1, -0.05) is 58.0 Å². The van der Waals surface area contributed by atoms with Crippen LogP contribution >= 0.6 is 0 Å². The molecule has 0 saturated carbocycles. The van der Waals surface area contributed by atoms with Crippen molar-refractivity contribution in [1.29, 1.82) is 0 Å². The summed E-state index contributed by atoms with van der Waals surface area (Å²) in [5.74, 6) is 1.29. The summed E-state index contributed by atoms with van der Waals surface area (Å²) in [4.78, 5) is 0. The first-order valence-electron chi connectivity index (χ1n) is 8.65. The van der Waals surface area contributed by atoms with Gasteiger partial charge in [0.05, 0.1) is 12.6 Å². The number of tetrazole rings is 1. The Hall–Kier alpha value is -1.79. The zero-order chi connectivity index (χ0) is 17.2. The van der Waals surface area contributed by atoms with E-state index in [0.717, 1.165) is 18.8 Å². The monoisotopic (exact) mass is 329 g/mol. The van der Waals surface area contributed by atoms with E-state index in [2.05, 4.69) is 72.8 Å². The number of ether oxygens (including phenoxy) is 1. The normalized spacial score (nSPS) is 23.5. The summed E-state index contributed by atoms with van der Waals surface area (Å²) in [5.41, 5.74) is 1.23. The first kappa shape index (κ1) is 17.0. The van der Waals surface area contributed by atoms with Gasteiger partial charge in [0.2, 0.25) is 0 Å². The Morgan fingerprint density at radius 3 is 2.75 bits per heavy atom. The molecule has 0 unspecified atom stereocenters. The second-order valence-electron chi connectivity index (χ2n) is 7.56. The van der Waals surface area contributed by atoms with Gasteiger partial charge in [0.1, 0.15) is 6.23 Å². The zero-order valence-corrected chi connectivity index (χ0v) is 14.9. The van der Waals surface area contributed by atoms with Gasteiger partial charge in [-0.15, -0.1) is 5.10 Å². The molecule has 1 aromatic carbocycles. The maximum Gasteiger partial charge on any atom is 0.168 e. The molecule has 24 heavy (non-hydrogen) atoms. The van der Waals surface area contributed by atoms with Gasteiger partial charge in [0.15, 0.2) is 5.82 Å². The van der Waals surface area contributed by atoms with Crippen LogP contribution in [-0.4, -0.2) is 33.0 Å². The topological polar surface area (TPSA) is 64.9 Å². The lowest BCUT2D eigenvalue weighted by molar-refractivity contribution is -0.107. The Balaban J connectivity index is 1.77. The smallest absolute Gasteiger partial charge is 0.168 e. The quantitative estimate of drug-likeness (QED) is 0.913. The van der Waals surface area contributed by atoms with Crippen molar-refractivity contribution in [3.05, 3.63) is 41.7 Å². The Morgan fingerprint density at radius 1 is 1.29 bits per heavy atom. The summed E-state index contributed by atoms with van der Waals surface area (Å²) >= 11 is 0. The van der Waals surface area contributed by atoms with Crippen molar-refractivity contribution in [2.45, 2.75) is 52.9 Å². The van der Waals surface area contributed by atoms with Crippen molar-refractivity contribution >= 4 is 0 Å². The first-order valence-corrected chi connectivity index (χ1v) is 8.65. The third kappa shape index (κ3) is 3.65. The highest BCUT2D eigenvalue weighted by Gasteiger charge is 2.41. The molecule has 0 spiro atoms. The van der Waals surface area contributed by atoms with E-state index in [1.165, 1.54) is 5.56 Å². The summed E-state index contributed by atoms with van der Waals surface area (Å²) in [5, 5.41) is 16.1. The van der Waals surface area contributed by atoms with Gasteiger partial charge in [0.25, 0.3) is 0 Å². The van der Waals surface area contributed by atoms with Crippen LogP contribution in [0.25, 0.3) is 0 Å². The number of aromatic nitrogens is 4. The van der Waals surface area contributed by atoms with Gasteiger partial charge in [0, 0.05) is 12.0 Å². The third-order valence-electron chi connectivity index (χ3n) is 4.63. The Morgan fingerprint density at radius 2 is 2.04 bits per heavy atom. The summed E-state index contributed by atoms with van der Waals surface area (Å²) in [6.45, 7) is 10.2. The summed E-state index contributed by atoms with van der Waals surface area (Å²) < 4.78 is 7.89. The molecular weight excluding hydrogens is 302 g/mol. The second-order valence-corrected chi connectivity index (χ2v) is 7.56. The molecule has 0 amide bonds. The molecule has 0 aliphatic carbocycles. The summed E-state index contributed by atoms with van der Waals surface area (Å²) in [6, 6.07) is 10.5. The Bertz CT molecular complexity index is 652. The van der Waals surface area contributed by atoms with Crippen LogP contribution in [-0.2, 0) is 17.7 Å². The highest BCUT2D eigenvalue weighted by Crippen LogP contribution is 2.37. The van der Waals surface area contributed by atoms with Crippen molar-refractivity contribution in [2.24, 2.45) is 11.3 Å². The molecule has 3 rings (SSSR count). The Labute approximate surface area is 143 Å². The molecule has 1 fully saturated rings. The van der Waals surface area contributed by atoms with Gasteiger partial charge >= 0.3 is 0 Å². The van der Waals surface area contributed by atoms with Crippen LogP contribution in [0.5, 0.6) is 0 Å². The maximum atomic E-state index is 5.96. The lowest BCUT2D eigenvalue weighted by atomic mass is 9.82. The highest BCUT2D eigenvalue weighted by molar-refractivity contribution is 5.14. The van der Waals surface area contributed by atoms with Crippen molar-refractivity contribution < 1.29 is 4.74 Å². The molecule has 2 atom stereocenters. The summed E-state index contributed by atoms with van der Waals surface area (Å²) in [7, 11) is 0. The SMILES string of the molecule is CC(C)[C@@H]1N[C@H](c2nnnn2CCc2ccccc2)C(C)(C)CO1. The molecule has 1 saturated heterocycles. The van der Waals surface area contributed by atoms with Gasteiger partial charge in [-0.2, -0.15) is 0 Å². The lowest BCUT2D eigenvalue weighted by Gasteiger charge is -2.43. The van der Waals surface area contributed by atoms with Crippen molar-refractivity contribution in [3.63, 3.8) is 0 Å². The maximum absolute atomic E-state index is 5.96. The third-order valence-corrected chi connectivity index (χ3v) is 4.63. The minimum absolute atomic E-state index is 0.0299. The van der Waals surface area contributed by atoms with E-state index < -0.39 is 0 Å². The van der Waals surface area contributed by atoms with Crippen LogP contribution in [0.3, 0.4) is 0 Å². The van der Waals surface area contributed by atoms with Gasteiger partial charge in [-0.3, -0.25) is 5.32 Å². The number of rotatable bonds is 5. The van der Waals surface area contributed by atoms with E-state index in [1.807, 2.05) is 10.7 Å². The zero-order valence-electron chi connectivity index (χ0n) is 14.9. The highest BCUT2D eigenvalue weighted by atomic mass is 16.5. The van der Waals surface area contributed by atoms with E-state index in [1.54, 1.807) is 0 Å². The summed E-state index contributed by atoms with van der Waals surface area (Å²) in [6.07, 6.45) is 0.943. The van der Waals surface area contributed by atoms with Gasteiger partial charge in [-0.05, 0) is 28.3 Å². The van der Waals surface area contributed by atoms with Crippen LogP contribution in [0.15, 0.2) is 30.3 Å². The van der Waals surface area contributed by atoms with Crippen molar-refractivity contribution in [1.82, 2.24) is 25.5 Å². The minimum atomic E-state index is -0.0649. The van der Waals surface area contributed by atoms with Crippen LogP contribution in [0.4, 0.5) is 0 Å². The molecule has 1 aromatic heterocycles. The van der Waals surface area contributed by atoms with Crippen LogP contribution in [0.2, 0.25) is 0 Å². The number of aryl methyl sites for hydroxylation is 2. The number of hydrogen-bond donors (Lipinski definition) is 1. The van der Waals surface area contributed by atoms with E-state index in [0.29, 0.717) is 12.5 Å². The van der Waals surface area contributed by atoms with Gasteiger partial charge < -0.3 is 4.74 Å². The fourth-order valence-corrected chi connectivity index (χ4v) is 3.09. The molecule has 2 aromatic rings. The van der Waals surface area contributed by atoms with Gasteiger partial charge in [-0.25, -0.2) is 4.68 Å². The molecule has 1 aliphatic heterocycles. The standard InChI is InChI=1S/C18H27N5O/c1-13(2)17-19-15(18(3,4)12-24-17)16-20-21-22-23(16)11-10-14-8-6-5-7-9-14/h5-9,13,15,17,19H,10-12H2,1-4H3/t15-,17-/m1/s1. The largest absolute Gasteiger partial charge is 0.362 e. The molecule has 0 radical (unpaired) electrons. The van der Waals surface area contributed by atoms with Crippen molar-refractivity contribution in [2.75, 3.05) is 6.61 Å². The molecule has 2 heterocycles. The molecular formula is C18H27N5O. The first-order chi connectivity index (χ1) is 11.5. The van der Waals surface area contributed by atoms with Crippen molar-refractivity contribution in [3.8, 4) is 0 Å². The Kier molecular flexibility index (Phi) is 4.96. The molecule has 1 N–H and O–H groups in total. The molecule has 0 bridgehead atoms. The average molecular weight is 329 g/mol. The van der Waals surface area contributed by atoms with E-state index in [-0.39, 0.29) is 17.7 Å². The molecule has 130 valence electrons. The van der Waals surface area contributed by atoms with Crippen LogP contribution in [0.1, 0.15) is 45.1 Å². The lowest BCUT2D eigenvalue weighted by Crippen LogP contribution is -2.52. The molecule has 6 heteroatoms. The number of hydrogen-bond acceptors (Lipinski definition) is 5. The van der Waals surface area contributed by atoms with Crippen LogP contribution < -0.4 is 5.32 Å². The second kappa shape index (κ2) is 6.99.